The highest BCUT2D eigenvalue weighted by molar-refractivity contribution is 5.56. The SMILES string of the molecule is COCc1cc([N+](=O)[O-])ccc1NCC(O)c1ccccc1F. The molecule has 122 valence electrons. The molecule has 2 rings (SSSR count). The van der Waals surface area contributed by atoms with Crippen LogP contribution < -0.4 is 5.32 Å². The van der Waals surface area contributed by atoms with Crippen molar-refractivity contribution >= 4 is 11.4 Å². The van der Waals surface area contributed by atoms with E-state index in [1.54, 1.807) is 18.2 Å². The molecule has 0 saturated carbocycles. The number of nitro groups is 1. The van der Waals surface area contributed by atoms with E-state index in [-0.39, 0.29) is 24.4 Å². The van der Waals surface area contributed by atoms with E-state index in [4.69, 9.17) is 4.74 Å². The standard InChI is InChI=1S/C16H17FN2O4/c1-23-10-11-8-12(19(21)22)6-7-15(11)18-9-16(20)13-4-2-3-5-14(13)17/h2-8,16,18,20H,9-10H2,1H3. The number of benzene rings is 2. The van der Waals surface area contributed by atoms with Gasteiger partial charge in [0.15, 0.2) is 0 Å². The van der Waals surface area contributed by atoms with E-state index in [0.717, 1.165) is 0 Å². The van der Waals surface area contributed by atoms with Gasteiger partial charge in [0.25, 0.3) is 5.69 Å². The quantitative estimate of drug-likeness (QED) is 0.605. The molecule has 1 atom stereocenters. The fourth-order valence-electron chi connectivity index (χ4n) is 2.20. The Morgan fingerprint density at radius 1 is 1.35 bits per heavy atom. The molecule has 7 heteroatoms. The van der Waals surface area contributed by atoms with Crippen molar-refractivity contribution in [3.63, 3.8) is 0 Å². The minimum atomic E-state index is -1.04. The lowest BCUT2D eigenvalue weighted by molar-refractivity contribution is -0.384. The van der Waals surface area contributed by atoms with Gasteiger partial charge in [-0.1, -0.05) is 18.2 Å². The maximum Gasteiger partial charge on any atom is 0.269 e. The fraction of sp³-hybridized carbons (Fsp3) is 0.250. The highest BCUT2D eigenvalue weighted by atomic mass is 19.1. The number of ether oxygens (including phenoxy) is 1. The van der Waals surface area contributed by atoms with Crippen molar-refractivity contribution in [3.8, 4) is 0 Å². The molecular weight excluding hydrogens is 303 g/mol. The van der Waals surface area contributed by atoms with Crippen LogP contribution in [0, 0.1) is 15.9 Å². The first-order chi connectivity index (χ1) is 11.0. The molecule has 0 aliphatic carbocycles. The number of hydrogen-bond acceptors (Lipinski definition) is 5. The Bertz CT molecular complexity index is 694. The number of anilines is 1. The van der Waals surface area contributed by atoms with Gasteiger partial charge < -0.3 is 15.2 Å². The number of halogens is 1. The van der Waals surface area contributed by atoms with Crippen molar-refractivity contribution in [1.82, 2.24) is 0 Å². The minimum Gasteiger partial charge on any atom is -0.386 e. The molecule has 0 bridgehead atoms. The number of aliphatic hydroxyl groups excluding tert-OH is 1. The highest BCUT2D eigenvalue weighted by Crippen LogP contribution is 2.24. The molecule has 0 radical (unpaired) electrons. The van der Waals surface area contributed by atoms with Crippen LogP contribution in [0.15, 0.2) is 42.5 Å². The van der Waals surface area contributed by atoms with E-state index >= 15 is 0 Å². The second-order valence-corrected chi connectivity index (χ2v) is 4.95. The Balaban J connectivity index is 2.13. The third kappa shape index (κ3) is 4.24. The molecule has 0 aromatic heterocycles. The Hall–Kier alpha value is -2.51. The molecule has 0 heterocycles. The number of methoxy groups -OCH3 is 1. The number of rotatable bonds is 7. The van der Waals surface area contributed by atoms with Gasteiger partial charge in [-0.25, -0.2) is 4.39 Å². The van der Waals surface area contributed by atoms with Crippen molar-refractivity contribution in [1.29, 1.82) is 0 Å². The zero-order chi connectivity index (χ0) is 16.8. The molecule has 2 N–H and O–H groups in total. The molecule has 0 fully saturated rings. The lowest BCUT2D eigenvalue weighted by Gasteiger charge is -2.16. The van der Waals surface area contributed by atoms with Gasteiger partial charge in [0.1, 0.15) is 5.82 Å². The van der Waals surface area contributed by atoms with E-state index in [2.05, 4.69) is 5.32 Å². The van der Waals surface area contributed by atoms with Crippen LogP contribution in [0.3, 0.4) is 0 Å². The molecule has 1 unspecified atom stereocenters. The van der Waals surface area contributed by atoms with Crippen LogP contribution in [0.1, 0.15) is 17.2 Å². The summed E-state index contributed by atoms with van der Waals surface area (Å²) in [4.78, 5) is 10.3. The molecule has 0 spiro atoms. The van der Waals surface area contributed by atoms with Crippen LogP contribution in [0.25, 0.3) is 0 Å². The number of nitro benzene ring substituents is 1. The molecule has 0 aliphatic rings. The molecule has 2 aromatic rings. The predicted octanol–water partition coefficient (Wildman–Crippen LogP) is 3.03. The molecule has 6 nitrogen and oxygen atoms in total. The van der Waals surface area contributed by atoms with Gasteiger partial charge in [0.2, 0.25) is 0 Å². The molecule has 2 aromatic carbocycles. The van der Waals surface area contributed by atoms with Crippen LogP contribution in [-0.2, 0) is 11.3 Å². The summed E-state index contributed by atoms with van der Waals surface area (Å²) in [5.41, 5.74) is 1.32. The van der Waals surface area contributed by atoms with Crippen LogP contribution in [0.4, 0.5) is 15.8 Å². The highest BCUT2D eigenvalue weighted by Gasteiger charge is 2.14. The Kier molecular flexibility index (Phi) is 5.61. The van der Waals surface area contributed by atoms with E-state index in [1.165, 1.54) is 31.4 Å². The van der Waals surface area contributed by atoms with E-state index in [1.807, 2.05) is 0 Å². The smallest absolute Gasteiger partial charge is 0.269 e. The predicted molar refractivity (Wildman–Crippen MR) is 83.7 cm³/mol. The van der Waals surface area contributed by atoms with E-state index in [0.29, 0.717) is 11.3 Å². The summed E-state index contributed by atoms with van der Waals surface area (Å²) >= 11 is 0. The summed E-state index contributed by atoms with van der Waals surface area (Å²) in [6.07, 6.45) is -1.04. The fourth-order valence-corrected chi connectivity index (χ4v) is 2.20. The van der Waals surface area contributed by atoms with Crippen LogP contribution in [0.2, 0.25) is 0 Å². The maximum atomic E-state index is 13.6. The number of nitrogens with one attached hydrogen (secondary N) is 1. The van der Waals surface area contributed by atoms with Gasteiger partial charge in [-0.15, -0.1) is 0 Å². The summed E-state index contributed by atoms with van der Waals surface area (Å²) in [5.74, 6) is -0.484. The summed E-state index contributed by atoms with van der Waals surface area (Å²) in [6.45, 7) is 0.245. The molecule has 23 heavy (non-hydrogen) atoms. The topological polar surface area (TPSA) is 84.6 Å². The second-order valence-electron chi connectivity index (χ2n) is 4.95. The van der Waals surface area contributed by atoms with Gasteiger partial charge in [0.05, 0.1) is 17.6 Å². The van der Waals surface area contributed by atoms with Crippen LogP contribution in [-0.4, -0.2) is 23.7 Å². The van der Waals surface area contributed by atoms with Crippen molar-refractivity contribution in [2.75, 3.05) is 19.0 Å². The van der Waals surface area contributed by atoms with E-state index < -0.39 is 16.8 Å². The summed E-state index contributed by atoms with van der Waals surface area (Å²) in [7, 11) is 1.48. The summed E-state index contributed by atoms with van der Waals surface area (Å²) in [6, 6.07) is 10.3. The number of hydrogen-bond donors (Lipinski definition) is 2. The third-order valence-electron chi connectivity index (χ3n) is 3.35. The second kappa shape index (κ2) is 7.66. The average Bonchev–Trinajstić information content (AvgIpc) is 2.54. The van der Waals surface area contributed by atoms with E-state index in [9.17, 15) is 19.6 Å². The first kappa shape index (κ1) is 16.9. The van der Waals surface area contributed by atoms with Gasteiger partial charge >= 0.3 is 0 Å². The molecule has 0 saturated heterocycles. The summed E-state index contributed by atoms with van der Waals surface area (Å²) < 4.78 is 18.7. The Morgan fingerprint density at radius 3 is 2.74 bits per heavy atom. The first-order valence-electron chi connectivity index (χ1n) is 6.95. The van der Waals surface area contributed by atoms with Gasteiger partial charge in [-0.2, -0.15) is 0 Å². The lowest BCUT2D eigenvalue weighted by Crippen LogP contribution is -2.14. The first-order valence-corrected chi connectivity index (χ1v) is 6.95. The summed E-state index contributed by atoms with van der Waals surface area (Å²) in [5, 5.41) is 23.9. The molecule has 0 amide bonds. The average molecular weight is 320 g/mol. The van der Waals surface area contributed by atoms with Crippen molar-refractivity contribution in [3.05, 3.63) is 69.5 Å². The Labute approximate surface area is 132 Å². The van der Waals surface area contributed by atoms with Crippen LogP contribution >= 0.6 is 0 Å². The molecular formula is C16H17FN2O4. The van der Waals surface area contributed by atoms with Crippen LogP contribution in [0.5, 0.6) is 0 Å². The van der Waals surface area contributed by atoms with Crippen molar-refractivity contribution < 1.29 is 19.2 Å². The van der Waals surface area contributed by atoms with Crippen molar-refractivity contribution in [2.24, 2.45) is 0 Å². The molecule has 0 aliphatic heterocycles. The van der Waals surface area contributed by atoms with Gasteiger partial charge in [-0.05, 0) is 12.1 Å². The zero-order valence-electron chi connectivity index (χ0n) is 12.5. The lowest BCUT2D eigenvalue weighted by atomic mass is 10.1. The third-order valence-corrected chi connectivity index (χ3v) is 3.35. The maximum absolute atomic E-state index is 13.6. The normalized spacial score (nSPS) is 12.0. The van der Waals surface area contributed by atoms with Crippen molar-refractivity contribution in [2.45, 2.75) is 12.7 Å². The number of nitrogens with zero attached hydrogens (tertiary/aromatic N) is 1. The van der Waals surface area contributed by atoms with Gasteiger partial charge in [0, 0.05) is 42.6 Å². The minimum absolute atomic E-state index is 0.0442. The van der Waals surface area contributed by atoms with Gasteiger partial charge in [-0.3, -0.25) is 10.1 Å². The Morgan fingerprint density at radius 2 is 2.09 bits per heavy atom. The number of aliphatic hydroxyl groups is 1. The number of non-ortho nitro benzene ring substituents is 1. The monoisotopic (exact) mass is 320 g/mol. The zero-order valence-corrected chi connectivity index (χ0v) is 12.5. The largest absolute Gasteiger partial charge is 0.386 e.